The van der Waals surface area contributed by atoms with Crippen molar-refractivity contribution < 1.29 is 0 Å². The minimum atomic E-state index is 0.885. The molecule has 120 valence electrons. The third kappa shape index (κ3) is 4.05. The average molecular weight is 408 g/mol. The zero-order valence-corrected chi connectivity index (χ0v) is 16.3. The van der Waals surface area contributed by atoms with Gasteiger partial charge < -0.3 is 4.57 Å². The lowest BCUT2D eigenvalue weighted by atomic mass is 10.2. The number of halogens is 1. The molecule has 6 heteroatoms. The molecule has 3 aromatic rings. The van der Waals surface area contributed by atoms with E-state index >= 15 is 0 Å². The highest BCUT2D eigenvalue weighted by molar-refractivity contribution is 9.10. The van der Waals surface area contributed by atoms with Crippen LogP contribution in [0, 0.1) is 0 Å². The Balaban J connectivity index is 1.73. The summed E-state index contributed by atoms with van der Waals surface area (Å²) in [7, 11) is 2.04. The smallest absolute Gasteiger partial charge is 0.191 e. The van der Waals surface area contributed by atoms with Gasteiger partial charge in [-0.3, -0.25) is 0 Å². The van der Waals surface area contributed by atoms with Gasteiger partial charge in [-0.2, -0.15) is 0 Å². The number of hydrogen-bond donors (Lipinski definition) is 0. The summed E-state index contributed by atoms with van der Waals surface area (Å²) >= 11 is 7.03. The summed E-state index contributed by atoms with van der Waals surface area (Å²) in [6.45, 7) is 2.21. The molecule has 0 amide bonds. The van der Waals surface area contributed by atoms with Crippen LogP contribution in [0.4, 0.5) is 0 Å². The predicted molar refractivity (Wildman–Crippen MR) is 102 cm³/mol. The molecule has 0 saturated carbocycles. The maximum Gasteiger partial charge on any atom is 0.191 e. The molecule has 0 spiro atoms. The van der Waals surface area contributed by atoms with E-state index in [-0.39, 0.29) is 0 Å². The average Bonchev–Trinajstić information content (AvgIpc) is 3.13. The first-order chi connectivity index (χ1) is 11.2. The second kappa shape index (κ2) is 7.64. The van der Waals surface area contributed by atoms with Gasteiger partial charge in [0.25, 0.3) is 0 Å². The normalized spacial score (nSPS) is 11.1. The van der Waals surface area contributed by atoms with E-state index in [0.717, 1.165) is 27.6 Å². The van der Waals surface area contributed by atoms with Gasteiger partial charge in [-0.15, -0.1) is 21.5 Å². The Morgan fingerprint density at radius 3 is 2.91 bits per heavy atom. The van der Waals surface area contributed by atoms with Gasteiger partial charge in [0.1, 0.15) is 0 Å². The van der Waals surface area contributed by atoms with Crippen molar-refractivity contribution in [1.82, 2.24) is 14.8 Å². The van der Waals surface area contributed by atoms with Crippen molar-refractivity contribution in [2.75, 3.05) is 0 Å². The fourth-order valence-electron chi connectivity index (χ4n) is 2.34. The van der Waals surface area contributed by atoms with Crippen molar-refractivity contribution in [3.63, 3.8) is 0 Å². The van der Waals surface area contributed by atoms with Crippen LogP contribution in [0.2, 0.25) is 0 Å². The number of hydrogen-bond acceptors (Lipinski definition) is 4. The number of thiophene rings is 1. The van der Waals surface area contributed by atoms with Crippen LogP contribution in [0.3, 0.4) is 0 Å². The van der Waals surface area contributed by atoms with Crippen LogP contribution in [-0.2, 0) is 19.2 Å². The van der Waals surface area contributed by atoms with Crippen molar-refractivity contribution in [3.8, 4) is 11.4 Å². The monoisotopic (exact) mass is 407 g/mol. The molecular weight excluding hydrogens is 390 g/mol. The van der Waals surface area contributed by atoms with E-state index in [1.54, 1.807) is 23.1 Å². The van der Waals surface area contributed by atoms with Crippen LogP contribution < -0.4 is 0 Å². The van der Waals surface area contributed by atoms with Gasteiger partial charge in [-0.25, -0.2) is 0 Å². The molecule has 0 aliphatic carbocycles. The second-order valence-corrected chi connectivity index (χ2v) is 8.19. The fraction of sp³-hybridized carbons (Fsp3) is 0.294. The quantitative estimate of drug-likeness (QED) is 0.501. The Bertz CT molecular complexity index is 795. The molecule has 3 nitrogen and oxygen atoms in total. The molecule has 0 atom stereocenters. The van der Waals surface area contributed by atoms with Crippen LogP contribution in [0.15, 0.2) is 45.3 Å². The second-order valence-electron chi connectivity index (χ2n) is 5.34. The van der Waals surface area contributed by atoms with Crippen molar-refractivity contribution in [1.29, 1.82) is 0 Å². The molecule has 0 aliphatic rings. The van der Waals surface area contributed by atoms with E-state index < -0.39 is 0 Å². The first-order valence-electron chi connectivity index (χ1n) is 7.51. The summed E-state index contributed by atoms with van der Waals surface area (Å²) in [6.07, 6.45) is 2.31. The summed E-state index contributed by atoms with van der Waals surface area (Å²) in [4.78, 5) is 1.41. The molecule has 2 heterocycles. The summed E-state index contributed by atoms with van der Waals surface area (Å²) in [5.41, 5.74) is 2.44. The Kier molecular flexibility index (Phi) is 5.56. The molecule has 2 aromatic heterocycles. The molecule has 0 radical (unpaired) electrons. The maximum absolute atomic E-state index is 4.38. The largest absolute Gasteiger partial charge is 0.305 e. The highest BCUT2D eigenvalue weighted by Crippen LogP contribution is 2.29. The van der Waals surface area contributed by atoms with E-state index in [9.17, 15) is 0 Å². The number of rotatable bonds is 6. The molecule has 0 saturated heterocycles. The van der Waals surface area contributed by atoms with Crippen LogP contribution in [0.1, 0.15) is 23.8 Å². The van der Waals surface area contributed by atoms with E-state index in [4.69, 9.17) is 0 Å². The number of nitrogens with zero attached hydrogens (tertiary/aromatic N) is 3. The summed E-state index contributed by atoms with van der Waals surface area (Å²) in [5, 5.41) is 11.9. The van der Waals surface area contributed by atoms with Crippen molar-refractivity contribution in [3.05, 3.63) is 50.6 Å². The Morgan fingerprint density at radius 1 is 1.26 bits per heavy atom. The van der Waals surface area contributed by atoms with Gasteiger partial charge in [0.15, 0.2) is 11.0 Å². The van der Waals surface area contributed by atoms with Crippen LogP contribution >= 0.6 is 39.0 Å². The van der Waals surface area contributed by atoms with Gasteiger partial charge in [0, 0.05) is 33.1 Å². The molecule has 3 rings (SSSR count). The van der Waals surface area contributed by atoms with Crippen LogP contribution in [-0.4, -0.2) is 14.8 Å². The van der Waals surface area contributed by atoms with E-state index in [1.807, 2.05) is 13.1 Å². The third-order valence-electron chi connectivity index (χ3n) is 3.50. The van der Waals surface area contributed by atoms with Gasteiger partial charge in [-0.05, 0) is 30.2 Å². The SMILES string of the molecule is CCCc1cc(-c2nnc(SCc3cccc(Br)c3)n2C)cs1. The van der Waals surface area contributed by atoms with Gasteiger partial charge in [0.05, 0.1) is 0 Å². The van der Waals surface area contributed by atoms with Crippen molar-refractivity contribution in [2.45, 2.75) is 30.7 Å². The summed E-state index contributed by atoms with van der Waals surface area (Å²) in [6, 6.07) is 10.6. The Labute approximate surface area is 153 Å². The topological polar surface area (TPSA) is 30.7 Å². The van der Waals surface area contributed by atoms with E-state index in [1.165, 1.54) is 22.4 Å². The molecular formula is C17H18BrN3S2. The molecule has 0 fully saturated rings. The minimum Gasteiger partial charge on any atom is -0.305 e. The highest BCUT2D eigenvalue weighted by Gasteiger charge is 2.13. The first-order valence-corrected chi connectivity index (χ1v) is 10.2. The van der Waals surface area contributed by atoms with Gasteiger partial charge >= 0.3 is 0 Å². The van der Waals surface area contributed by atoms with E-state index in [0.29, 0.717) is 0 Å². The predicted octanol–water partition coefficient (Wildman–Crippen LogP) is 5.55. The highest BCUT2D eigenvalue weighted by atomic mass is 79.9. The van der Waals surface area contributed by atoms with E-state index in [2.05, 4.69) is 67.3 Å². The molecule has 0 N–H and O–H groups in total. The molecule has 23 heavy (non-hydrogen) atoms. The number of thioether (sulfide) groups is 1. The third-order valence-corrected chi connectivity index (χ3v) is 6.08. The zero-order chi connectivity index (χ0) is 16.2. The lowest BCUT2D eigenvalue weighted by Gasteiger charge is -2.03. The van der Waals surface area contributed by atoms with Gasteiger partial charge in [0.2, 0.25) is 0 Å². The van der Waals surface area contributed by atoms with Crippen LogP contribution in [0.5, 0.6) is 0 Å². The standard InChI is InChI=1S/C17H18BrN3S2/c1-3-5-15-9-13(11-22-15)16-19-20-17(21(16)2)23-10-12-6-4-7-14(18)8-12/h4,6-9,11H,3,5,10H2,1-2H3. The number of aromatic nitrogens is 3. The number of benzene rings is 1. The Hall–Kier alpha value is -1.11. The van der Waals surface area contributed by atoms with Crippen molar-refractivity contribution in [2.24, 2.45) is 7.05 Å². The zero-order valence-electron chi connectivity index (χ0n) is 13.1. The van der Waals surface area contributed by atoms with Crippen molar-refractivity contribution >= 4 is 39.0 Å². The molecule has 0 bridgehead atoms. The van der Waals surface area contributed by atoms with Gasteiger partial charge in [-0.1, -0.05) is 53.2 Å². The maximum atomic E-state index is 4.38. The molecule has 0 aliphatic heterocycles. The molecule has 0 unspecified atom stereocenters. The number of aryl methyl sites for hydroxylation is 1. The summed E-state index contributed by atoms with van der Waals surface area (Å²) in [5.74, 6) is 1.83. The lowest BCUT2D eigenvalue weighted by Crippen LogP contribution is -1.94. The minimum absolute atomic E-state index is 0.885. The lowest BCUT2D eigenvalue weighted by molar-refractivity contribution is 0.794. The summed E-state index contributed by atoms with van der Waals surface area (Å²) < 4.78 is 3.19. The Morgan fingerprint density at radius 2 is 2.13 bits per heavy atom. The molecule has 1 aromatic carbocycles. The van der Waals surface area contributed by atoms with Crippen LogP contribution in [0.25, 0.3) is 11.4 Å². The first kappa shape index (κ1) is 16.7. The fourth-order valence-corrected chi connectivity index (χ4v) is 4.61.